The SMILES string of the molecule is C=CCCC[C@H](Cc1ccccc1)C(=O)O[C@@H](C)CNC(=O)[C@H](CC=C)CC(=O)N[C@@H](C)CO. The fraction of sp³-hybridized carbons (Fsp3) is 0.519. The molecule has 0 unspecified atom stereocenters. The van der Waals surface area contributed by atoms with Crippen LogP contribution in [0.25, 0.3) is 0 Å². The van der Waals surface area contributed by atoms with Crippen LogP contribution in [0, 0.1) is 11.8 Å². The summed E-state index contributed by atoms with van der Waals surface area (Å²) in [7, 11) is 0. The van der Waals surface area contributed by atoms with E-state index in [4.69, 9.17) is 9.84 Å². The third kappa shape index (κ3) is 11.8. The first-order chi connectivity index (χ1) is 16.3. The quantitative estimate of drug-likeness (QED) is 0.183. The molecule has 1 rings (SSSR count). The lowest BCUT2D eigenvalue weighted by Gasteiger charge is -2.21. The number of aliphatic hydroxyl groups excluding tert-OH is 1. The van der Waals surface area contributed by atoms with Crippen molar-refractivity contribution in [2.75, 3.05) is 13.2 Å². The number of rotatable bonds is 17. The van der Waals surface area contributed by atoms with Gasteiger partial charge in [0.25, 0.3) is 0 Å². The molecule has 0 saturated heterocycles. The molecular weight excluding hydrogens is 432 g/mol. The summed E-state index contributed by atoms with van der Waals surface area (Å²) in [5.41, 5.74) is 1.07. The van der Waals surface area contributed by atoms with Gasteiger partial charge in [-0.2, -0.15) is 0 Å². The van der Waals surface area contributed by atoms with Gasteiger partial charge in [-0.25, -0.2) is 0 Å². The Balaban J connectivity index is 2.62. The lowest BCUT2D eigenvalue weighted by Crippen LogP contribution is -2.41. The molecule has 0 aliphatic heterocycles. The molecular formula is C27H40N2O5. The fourth-order valence-electron chi connectivity index (χ4n) is 3.52. The Morgan fingerprint density at radius 3 is 2.41 bits per heavy atom. The van der Waals surface area contributed by atoms with E-state index in [1.165, 1.54) is 0 Å². The number of hydrogen-bond acceptors (Lipinski definition) is 5. The van der Waals surface area contributed by atoms with E-state index in [0.717, 1.165) is 18.4 Å². The summed E-state index contributed by atoms with van der Waals surface area (Å²) < 4.78 is 5.65. The molecule has 34 heavy (non-hydrogen) atoms. The third-order valence-corrected chi connectivity index (χ3v) is 5.44. The van der Waals surface area contributed by atoms with E-state index >= 15 is 0 Å². The summed E-state index contributed by atoms with van der Waals surface area (Å²) in [5, 5.41) is 14.5. The molecule has 0 fully saturated rings. The molecule has 4 atom stereocenters. The summed E-state index contributed by atoms with van der Waals surface area (Å²) in [6.07, 6.45) is 6.21. The number of ether oxygens (including phenoxy) is 1. The van der Waals surface area contributed by atoms with Crippen molar-refractivity contribution in [2.45, 2.75) is 64.5 Å². The first-order valence-corrected chi connectivity index (χ1v) is 11.9. The normalized spacial score (nSPS) is 14.2. The largest absolute Gasteiger partial charge is 0.461 e. The fourth-order valence-corrected chi connectivity index (χ4v) is 3.52. The maximum Gasteiger partial charge on any atom is 0.309 e. The maximum atomic E-state index is 12.9. The summed E-state index contributed by atoms with van der Waals surface area (Å²) in [6.45, 7) is 10.8. The van der Waals surface area contributed by atoms with Crippen molar-refractivity contribution in [3.05, 3.63) is 61.2 Å². The predicted octanol–water partition coefficient (Wildman–Crippen LogP) is 3.33. The first-order valence-electron chi connectivity index (χ1n) is 11.9. The number of unbranched alkanes of at least 4 members (excludes halogenated alkanes) is 1. The van der Waals surface area contributed by atoms with Crippen molar-refractivity contribution >= 4 is 17.8 Å². The van der Waals surface area contributed by atoms with E-state index in [1.54, 1.807) is 19.9 Å². The van der Waals surface area contributed by atoms with Crippen molar-refractivity contribution in [1.82, 2.24) is 10.6 Å². The lowest BCUT2D eigenvalue weighted by molar-refractivity contribution is -0.153. The number of carbonyl (C=O) groups excluding carboxylic acids is 3. The molecule has 7 nitrogen and oxygen atoms in total. The second-order valence-corrected chi connectivity index (χ2v) is 8.68. The summed E-state index contributed by atoms with van der Waals surface area (Å²) in [5.74, 6) is -1.76. The number of amides is 2. The van der Waals surface area contributed by atoms with Crippen LogP contribution < -0.4 is 10.6 Å². The van der Waals surface area contributed by atoms with Crippen LogP contribution in [0.4, 0.5) is 0 Å². The number of esters is 1. The van der Waals surface area contributed by atoms with Crippen molar-refractivity contribution in [3.63, 3.8) is 0 Å². The van der Waals surface area contributed by atoms with E-state index < -0.39 is 12.0 Å². The molecule has 1 aromatic carbocycles. The number of carbonyl (C=O) groups is 3. The molecule has 0 bridgehead atoms. The highest BCUT2D eigenvalue weighted by atomic mass is 16.5. The van der Waals surface area contributed by atoms with E-state index in [0.29, 0.717) is 19.3 Å². The van der Waals surface area contributed by atoms with Crippen molar-refractivity contribution in [1.29, 1.82) is 0 Å². The molecule has 0 heterocycles. The molecule has 0 aliphatic carbocycles. The summed E-state index contributed by atoms with van der Waals surface area (Å²) >= 11 is 0. The number of aliphatic hydroxyl groups is 1. The van der Waals surface area contributed by atoms with E-state index in [1.807, 2.05) is 36.4 Å². The Kier molecular flexibility index (Phi) is 14.2. The van der Waals surface area contributed by atoms with Gasteiger partial charge in [-0.15, -0.1) is 13.2 Å². The van der Waals surface area contributed by atoms with Gasteiger partial charge in [0, 0.05) is 12.5 Å². The van der Waals surface area contributed by atoms with Crippen LogP contribution in [0.3, 0.4) is 0 Å². The highest BCUT2D eigenvalue weighted by Crippen LogP contribution is 2.18. The van der Waals surface area contributed by atoms with Crippen molar-refractivity contribution < 1.29 is 24.2 Å². The van der Waals surface area contributed by atoms with Crippen molar-refractivity contribution in [3.8, 4) is 0 Å². The standard InChI is InChI=1S/C27H40N2O5/c1-5-7-9-15-24(16-22-13-10-8-11-14-22)27(33)34-21(4)18-28-26(32)23(12-6-2)17-25(31)29-20(3)19-30/h5-6,8,10-11,13-14,20-21,23-24,30H,1-2,7,9,12,15-19H2,3-4H3,(H,28,32)(H,29,31)/t20-,21-,23+,24+/m0/s1. The van der Waals surface area contributed by atoms with Crippen LogP contribution in [-0.2, 0) is 25.5 Å². The van der Waals surface area contributed by atoms with Gasteiger partial charge < -0.3 is 20.5 Å². The van der Waals surface area contributed by atoms with Gasteiger partial charge in [0.1, 0.15) is 6.10 Å². The average Bonchev–Trinajstić information content (AvgIpc) is 2.82. The Bertz CT molecular complexity index is 780. The molecule has 3 N–H and O–H groups in total. The number of nitrogens with one attached hydrogen (secondary N) is 2. The topological polar surface area (TPSA) is 105 Å². The lowest BCUT2D eigenvalue weighted by atomic mass is 9.94. The van der Waals surface area contributed by atoms with Gasteiger partial charge in [0.05, 0.1) is 25.0 Å². The Labute approximate surface area is 203 Å². The zero-order valence-corrected chi connectivity index (χ0v) is 20.5. The summed E-state index contributed by atoms with van der Waals surface area (Å²) in [6, 6.07) is 9.45. The molecule has 0 spiro atoms. The predicted molar refractivity (Wildman–Crippen MR) is 134 cm³/mol. The van der Waals surface area contributed by atoms with Crippen LogP contribution in [0.5, 0.6) is 0 Å². The summed E-state index contributed by atoms with van der Waals surface area (Å²) in [4.78, 5) is 37.6. The van der Waals surface area contributed by atoms with E-state index in [-0.39, 0.29) is 49.3 Å². The van der Waals surface area contributed by atoms with Gasteiger partial charge in [-0.3, -0.25) is 14.4 Å². The van der Waals surface area contributed by atoms with Gasteiger partial charge >= 0.3 is 5.97 Å². The van der Waals surface area contributed by atoms with Gasteiger partial charge in [0.15, 0.2) is 0 Å². The second kappa shape index (κ2) is 16.6. The third-order valence-electron chi connectivity index (χ3n) is 5.44. The van der Waals surface area contributed by atoms with Gasteiger partial charge in [0.2, 0.25) is 11.8 Å². The first kappa shape index (κ1) is 29.1. The average molecular weight is 473 g/mol. The van der Waals surface area contributed by atoms with Crippen LogP contribution in [0.1, 0.15) is 51.5 Å². The zero-order chi connectivity index (χ0) is 25.3. The van der Waals surface area contributed by atoms with E-state index in [2.05, 4.69) is 23.8 Å². The minimum Gasteiger partial charge on any atom is -0.461 e. The smallest absolute Gasteiger partial charge is 0.309 e. The highest BCUT2D eigenvalue weighted by molar-refractivity contribution is 5.86. The molecule has 2 amide bonds. The monoisotopic (exact) mass is 472 g/mol. The van der Waals surface area contributed by atoms with Crippen molar-refractivity contribution in [2.24, 2.45) is 11.8 Å². The minimum absolute atomic E-state index is 0.0151. The molecule has 7 heteroatoms. The van der Waals surface area contributed by atoms with Crippen LogP contribution >= 0.6 is 0 Å². The molecule has 0 radical (unpaired) electrons. The van der Waals surface area contributed by atoms with Crippen LogP contribution in [-0.4, -0.2) is 48.2 Å². The molecule has 188 valence electrons. The Hall–Kier alpha value is -2.93. The number of benzene rings is 1. The van der Waals surface area contributed by atoms with Gasteiger partial charge in [-0.05, 0) is 51.5 Å². The Morgan fingerprint density at radius 1 is 1.09 bits per heavy atom. The maximum absolute atomic E-state index is 12.9. The van der Waals surface area contributed by atoms with Crippen LogP contribution in [0.2, 0.25) is 0 Å². The van der Waals surface area contributed by atoms with Gasteiger partial charge in [-0.1, -0.05) is 42.5 Å². The number of allylic oxidation sites excluding steroid dienone is 2. The molecule has 0 aromatic heterocycles. The number of hydrogen-bond donors (Lipinski definition) is 3. The molecule has 0 aliphatic rings. The van der Waals surface area contributed by atoms with Crippen LogP contribution in [0.15, 0.2) is 55.6 Å². The van der Waals surface area contributed by atoms with E-state index in [9.17, 15) is 14.4 Å². The highest BCUT2D eigenvalue weighted by Gasteiger charge is 2.24. The molecule has 0 saturated carbocycles. The zero-order valence-electron chi connectivity index (χ0n) is 20.5. The Morgan fingerprint density at radius 2 is 1.79 bits per heavy atom. The molecule has 1 aromatic rings. The second-order valence-electron chi connectivity index (χ2n) is 8.68. The minimum atomic E-state index is -0.587.